The van der Waals surface area contributed by atoms with Gasteiger partial charge in [0.2, 0.25) is 17.2 Å². The first kappa shape index (κ1) is 12.1. The second-order valence-corrected chi connectivity index (χ2v) is 3.48. The van der Waals surface area contributed by atoms with Crippen LogP contribution in [0.15, 0.2) is 21.3 Å². The first-order chi connectivity index (χ1) is 8.62. The Hall–Kier alpha value is -2.37. The van der Waals surface area contributed by atoms with Gasteiger partial charge in [0.25, 0.3) is 0 Å². The van der Waals surface area contributed by atoms with E-state index < -0.39 is 11.4 Å². The summed E-state index contributed by atoms with van der Waals surface area (Å²) in [4.78, 5) is 11.3. The lowest BCUT2D eigenvalue weighted by Crippen LogP contribution is -2.01. The van der Waals surface area contributed by atoms with Crippen LogP contribution in [-0.2, 0) is 0 Å². The normalized spacial score (nSPS) is 10.4. The van der Waals surface area contributed by atoms with E-state index in [4.69, 9.17) is 18.6 Å². The maximum atomic E-state index is 11.3. The average Bonchev–Trinajstić information content (AvgIpc) is 2.38. The van der Waals surface area contributed by atoms with E-state index in [2.05, 4.69) is 0 Å². The van der Waals surface area contributed by atoms with Gasteiger partial charge in [0.05, 0.1) is 21.3 Å². The van der Waals surface area contributed by atoms with Gasteiger partial charge in [0.15, 0.2) is 11.3 Å². The van der Waals surface area contributed by atoms with Crippen molar-refractivity contribution >= 4 is 11.0 Å². The molecule has 0 atom stereocenters. The number of hydrogen-bond acceptors (Lipinski definition) is 6. The van der Waals surface area contributed by atoms with Gasteiger partial charge in [-0.15, -0.1) is 0 Å². The summed E-state index contributed by atoms with van der Waals surface area (Å²) < 4.78 is 20.5. The Bertz CT molecular complexity index is 643. The van der Waals surface area contributed by atoms with E-state index in [-0.39, 0.29) is 11.3 Å². The quantitative estimate of drug-likeness (QED) is 0.834. The second-order valence-electron chi connectivity index (χ2n) is 3.48. The van der Waals surface area contributed by atoms with Gasteiger partial charge >= 0.3 is 5.63 Å². The molecule has 2 aromatic rings. The molecule has 0 radical (unpaired) electrons. The van der Waals surface area contributed by atoms with Crippen molar-refractivity contribution < 1.29 is 23.7 Å². The number of methoxy groups -OCH3 is 3. The highest BCUT2D eigenvalue weighted by atomic mass is 16.5. The minimum absolute atomic E-state index is 0.193. The van der Waals surface area contributed by atoms with E-state index in [1.807, 2.05) is 0 Å². The summed E-state index contributed by atoms with van der Waals surface area (Å²) in [6.07, 6.45) is 0. The van der Waals surface area contributed by atoms with Crippen molar-refractivity contribution in [3.63, 3.8) is 0 Å². The molecule has 0 fully saturated rings. The van der Waals surface area contributed by atoms with Crippen LogP contribution in [0.2, 0.25) is 0 Å². The third kappa shape index (κ3) is 1.71. The molecule has 2 rings (SSSR count). The second kappa shape index (κ2) is 4.48. The van der Waals surface area contributed by atoms with Crippen molar-refractivity contribution in [3.05, 3.63) is 22.6 Å². The Morgan fingerprint density at radius 1 is 1.06 bits per heavy atom. The standard InChI is InChI=1S/C12H12O6/c1-15-8-5-6-4-7(13)12(14)18-9(6)11(17-3)10(8)16-2/h4-5,13H,1-3H3. The summed E-state index contributed by atoms with van der Waals surface area (Å²) in [6, 6.07) is 2.87. The summed E-state index contributed by atoms with van der Waals surface area (Å²) >= 11 is 0. The zero-order valence-electron chi connectivity index (χ0n) is 10.1. The fourth-order valence-electron chi connectivity index (χ4n) is 1.71. The van der Waals surface area contributed by atoms with Crippen LogP contribution in [0.1, 0.15) is 0 Å². The molecule has 6 nitrogen and oxygen atoms in total. The maximum absolute atomic E-state index is 11.3. The molecular weight excluding hydrogens is 240 g/mol. The van der Waals surface area contributed by atoms with Gasteiger partial charge in [-0.1, -0.05) is 0 Å². The molecule has 1 aromatic heterocycles. The fourth-order valence-corrected chi connectivity index (χ4v) is 1.71. The Kier molecular flexibility index (Phi) is 3.01. The van der Waals surface area contributed by atoms with Crippen LogP contribution in [0.3, 0.4) is 0 Å². The molecule has 0 aliphatic rings. The SMILES string of the molecule is COc1cc2cc(O)c(=O)oc2c(OC)c1OC. The molecular formula is C12H12O6. The van der Waals surface area contributed by atoms with Crippen molar-refractivity contribution in [2.75, 3.05) is 21.3 Å². The van der Waals surface area contributed by atoms with Crippen molar-refractivity contribution in [2.45, 2.75) is 0 Å². The zero-order valence-corrected chi connectivity index (χ0v) is 10.1. The van der Waals surface area contributed by atoms with Gasteiger partial charge < -0.3 is 23.7 Å². The number of ether oxygens (including phenoxy) is 3. The van der Waals surface area contributed by atoms with E-state index >= 15 is 0 Å². The first-order valence-electron chi connectivity index (χ1n) is 5.08. The van der Waals surface area contributed by atoms with Gasteiger partial charge in [0.1, 0.15) is 0 Å². The van der Waals surface area contributed by atoms with E-state index in [1.54, 1.807) is 6.07 Å². The van der Waals surface area contributed by atoms with Gasteiger partial charge in [-0.25, -0.2) is 4.79 Å². The van der Waals surface area contributed by atoms with Crippen LogP contribution in [0.5, 0.6) is 23.0 Å². The van der Waals surface area contributed by atoms with Crippen molar-refractivity contribution in [1.82, 2.24) is 0 Å². The van der Waals surface area contributed by atoms with Crippen LogP contribution in [0.4, 0.5) is 0 Å². The average molecular weight is 252 g/mol. The number of benzene rings is 1. The van der Waals surface area contributed by atoms with Crippen LogP contribution >= 0.6 is 0 Å². The molecule has 0 unspecified atom stereocenters. The molecule has 0 amide bonds. The summed E-state index contributed by atoms with van der Waals surface area (Å²) in [5, 5.41) is 9.83. The molecule has 0 saturated carbocycles. The topological polar surface area (TPSA) is 78.1 Å². The Morgan fingerprint density at radius 2 is 1.72 bits per heavy atom. The number of rotatable bonds is 3. The molecule has 0 aliphatic carbocycles. The van der Waals surface area contributed by atoms with Gasteiger partial charge in [-0.05, 0) is 12.1 Å². The minimum Gasteiger partial charge on any atom is -0.502 e. The smallest absolute Gasteiger partial charge is 0.378 e. The lowest BCUT2D eigenvalue weighted by atomic mass is 10.2. The van der Waals surface area contributed by atoms with Crippen molar-refractivity contribution in [2.24, 2.45) is 0 Å². The third-order valence-corrected chi connectivity index (χ3v) is 2.51. The lowest BCUT2D eigenvalue weighted by molar-refractivity contribution is 0.322. The highest BCUT2D eigenvalue weighted by Gasteiger charge is 2.19. The predicted molar refractivity (Wildman–Crippen MR) is 63.8 cm³/mol. The molecule has 0 bridgehead atoms. The van der Waals surface area contributed by atoms with E-state index in [0.717, 1.165) is 0 Å². The van der Waals surface area contributed by atoms with Crippen LogP contribution < -0.4 is 19.8 Å². The first-order valence-corrected chi connectivity index (χ1v) is 5.08. The molecule has 6 heteroatoms. The Morgan fingerprint density at radius 3 is 2.28 bits per heavy atom. The molecule has 96 valence electrons. The van der Waals surface area contributed by atoms with Gasteiger partial charge in [0, 0.05) is 5.39 Å². The van der Waals surface area contributed by atoms with E-state index in [0.29, 0.717) is 16.9 Å². The third-order valence-electron chi connectivity index (χ3n) is 2.51. The predicted octanol–water partition coefficient (Wildman–Crippen LogP) is 1.52. The lowest BCUT2D eigenvalue weighted by Gasteiger charge is -2.13. The summed E-state index contributed by atoms with van der Waals surface area (Å²) in [5.74, 6) is 0.497. The molecule has 1 N–H and O–H groups in total. The Balaban J connectivity index is 2.92. The highest BCUT2D eigenvalue weighted by molar-refractivity contribution is 5.88. The fraction of sp³-hybridized carbons (Fsp3) is 0.250. The van der Waals surface area contributed by atoms with Crippen LogP contribution in [-0.4, -0.2) is 26.4 Å². The molecule has 1 heterocycles. The minimum atomic E-state index is -0.840. The molecule has 0 aliphatic heterocycles. The van der Waals surface area contributed by atoms with Gasteiger partial charge in [-0.3, -0.25) is 0 Å². The zero-order chi connectivity index (χ0) is 13.3. The van der Waals surface area contributed by atoms with Crippen molar-refractivity contribution in [1.29, 1.82) is 0 Å². The molecule has 18 heavy (non-hydrogen) atoms. The largest absolute Gasteiger partial charge is 0.502 e. The monoisotopic (exact) mass is 252 g/mol. The van der Waals surface area contributed by atoms with Crippen molar-refractivity contribution in [3.8, 4) is 23.0 Å². The number of fused-ring (bicyclic) bond motifs is 1. The number of aromatic hydroxyl groups is 1. The highest BCUT2D eigenvalue weighted by Crippen LogP contribution is 2.43. The van der Waals surface area contributed by atoms with E-state index in [9.17, 15) is 9.90 Å². The molecule has 1 aromatic carbocycles. The summed E-state index contributed by atoms with van der Waals surface area (Å²) in [7, 11) is 4.34. The van der Waals surface area contributed by atoms with Crippen LogP contribution in [0, 0.1) is 0 Å². The summed E-state index contributed by atoms with van der Waals surface area (Å²) in [5.41, 5.74) is -0.647. The number of hydrogen-bond donors (Lipinski definition) is 1. The molecule has 0 spiro atoms. The Labute approximate surface area is 102 Å². The summed E-state index contributed by atoms with van der Waals surface area (Å²) in [6.45, 7) is 0. The van der Waals surface area contributed by atoms with E-state index in [1.165, 1.54) is 27.4 Å². The van der Waals surface area contributed by atoms with Gasteiger partial charge in [-0.2, -0.15) is 0 Å². The van der Waals surface area contributed by atoms with Crippen LogP contribution in [0.25, 0.3) is 11.0 Å². The molecule has 0 saturated heterocycles. The maximum Gasteiger partial charge on any atom is 0.378 e.